The normalized spacial score (nSPS) is 23.2. The molecule has 1 aromatic rings. The molecule has 1 aliphatic carbocycles. The summed E-state index contributed by atoms with van der Waals surface area (Å²) in [6.45, 7) is 8.00. The molecule has 0 spiro atoms. The average molecular weight is 403 g/mol. The molecule has 6 heteroatoms. The zero-order chi connectivity index (χ0) is 21.2. The van der Waals surface area contributed by atoms with Crippen molar-refractivity contribution in [1.29, 1.82) is 0 Å². The number of aliphatic carboxylic acids is 1. The Morgan fingerprint density at radius 3 is 2.52 bits per heavy atom. The topological polar surface area (TPSA) is 92.9 Å². The molecule has 0 aromatic heterocycles. The van der Waals surface area contributed by atoms with Gasteiger partial charge in [0, 0.05) is 13.1 Å². The molecular formula is C23H34N2O4. The number of carboxylic acids is 1. The van der Waals surface area contributed by atoms with Crippen molar-refractivity contribution in [2.24, 2.45) is 17.1 Å². The lowest BCUT2D eigenvalue weighted by Crippen LogP contribution is -2.46. The van der Waals surface area contributed by atoms with Crippen LogP contribution in [0.15, 0.2) is 18.2 Å². The number of carbonyl (C=O) groups excluding carboxylic acids is 1. The van der Waals surface area contributed by atoms with Crippen molar-refractivity contribution < 1.29 is 19.4 Å². The summed E-state index contributed by atoms with van der Waals surface area (Å²) >= 11 is 0. The van der Waals surface area contributed by atoms with Crippen LogP contribution in [0, 0.1) is 11.3 Å². The molecule has 1 amide bonds. The van der Waals surface area contributed by atoms with Gasteiger partial charge in [-0.15, -0.1) is 0 Å². The third-order valence-electron chi connectivity index (χ3n) is 6.42. The van der Waals surface area contributed by atoms with Gasteiger partial charge in [0.1, 0.15) is 5.75 Å². The summed E-state index contributed by atoms with van der Waals surface area (Å²) in [7, 11) is 0. The minimum absolute atomic E-state index is 0.280. The van der Waals surface area contributed by atoms with Crippen molar-refractivity contribution in [3.8, 4) is 5.75 Å². The predicted molar refractivity (Wildman–Crippen MR) is 112 cm³/mol. The van der Waals surface area contributed by atoms with Crippen LogP contribution in [0.4, 0.5) is 0 Å². The second-order valence-corrected chi connectivity index (χ2v) is 9.60. The van der Waals surface area contributed by atoms with Crippen molar-refractivity contribution in [3.63, 3.8) is 0 Å². The predicted octanol–water partition coefficient (Wildman–Crippen LogP) is 3.36. The second-order valence-electron chi connectivity index (χ2n) is 9.60. The molecule has 1 aliphatic heterocycles. The molecule has 3 rings (SSSR count). The van der Waals surface area contributed by atoms with Crippen LogP contribution in [0.2, 0.25) is 0 Å². The van der Waals surface area contributed by atoms with Gasteiger partial charge in [-0.1, -0.05) is 26.8 Å². The van der Waals surface area contributed by atoms with Gasteiger partial charge < -0.3 is 20.5 Å². The number of carboxylic acid groups (broad SMARTS) is 1. The average Bonchev–Trinajstić information content (AvgIpc) is 2.66. The van der Waals surface area contributed by atoms with Crippen molar-refractivity contribution in [2.45, 2.75) is 78.0 Å². The van der Waals surface area contributed by atoms with E-state index in [0.717, 1.165) is 36.5 Å². The van der Waals surface area contributed by atoms with Crippen molar-refractivity contribution in [2.75, 3.05) is 6.54 Å². The molecule has 2 aliphatic rings. The molecule has 1 saturated carbocycles. The minimum Gasteiger partial charge on any atom is -0.490 e. The van der Waals surface area contributed by atoms with Gasteiger partial charge in [0.25, 0.3) is 0 Å². The van der Waals surface area contributed by atoms with Crippen molar-refractivity contribution in [3.05, 3.63) is 29.3 Å². The molecule has 29 heavy (non-hydrogen) atoms. The van der Waals surface area contributed by atoms with Crippen LogP contribution >= 0.6 is 0 Å². The monoisotopic (exact) mass is 402 g/mol. The molecule has 3 N–H and O–H groups in total. The number of hydrogen-bond donors (Lipinski definition) is 2. The summed E-state index contributed by atoms with van der Waals surface area (Å²) in [6, 6.07) is 5.12. The molecule has 0 saturated heterocycles. The number of rotatable bonds is 5. The molecule has 0 radical (unpaired) electrons. The largest absolute Gasteiger partial charge is 0.490 e. The highest BCUT2D eigenvalue weighted by molar-refractivity contribution is 5.86. The molecule has 6 nitrogen and oxygen atoms in total. The summed E-state index contributed by atoms with van der Waals surface area (Å²) in [4.78, 5) is 24.8. The zero-order valence-corrected chi connectivity index (χ0v) is 17.8. The zero-order valence-electron chi connectivity index (χ0n) is 17.8. The van der Waals surface area contributed by atoms with Crippen molar-refractivity contribution >= 4 is 11.9 Å². The summed E-state index contributed by atoms with van der Waals surface area (Å²) in [5.41, 5.74) is 8.39. The fraction of sp³-hybridized carbons (Fsp3) is 0.652. The number of amides is 1. The van der Waals surface area contributed by atoms with Crippen LogP contribution in [-0.4, -0.2) is 40.6 Å². The first-order valence-corrected chi connectivity index (χ1v) is 10.7. The Morgan fingerprint density at radius 1 is 1.21 bits per heavy atom. The molecule has 0 bridgehead atoms. The highest BCUT2D eigenvalue weighted by Gasteiger charge is 2.31. The number of hydrogen-bond acceptors (Lipinski definition) is 4. The van der Waals surface area contributed by atoms with E-state index in [-0.39, 0.29) is 18.4 Å². The number of nitrogens with zero attached hydrogens (tertiary/aromatic N) is 1. The third kappa shape index (κ3) is 5.50. The number of nitrogens with two attached hydrogens (primary N) is 1. The number of ether oxygens (including phenoxy) is 1. The second kappa shape index (κ2) is 8.74. The molecule has 1 heterocycles. The van der Waals surface area contributed by atoms with Gasteiger partial charge >= 0.3 is 5.97 Å². The van der Waals surface area contributed by atoms with Crippen LogP contribution in [0.3, 0.4) is 0 Å². The fourth-order valence-electron chi connectivity index (χ4n) is 4.54. The summed E-state index contributed by atoms with van der Waals surface area (Å²) in [6.07, 6.45) is 5.30. The summed E-state index contributed by atoms with van der Waals surface area (Å²) in [5, 5.41) is 8.84. The summed E-state index contributed by atoms with van der Waals surface area (Å²) in [5.74, 6) is 0.322. The Hall–Kier alpha value is -2.08. The number of carbonyl (C=O) groups is 2. The van der Waals surface area contributed by atoms with E-state index < -0.39 is 12.0 Å². The van der Waals surface area contributed by atoms with Gasteiger partial charge in [-0.2, -0.15) is 0 Å². The minimum atomic E-state index is -1.05. The highest BCUT2D eigenvalue weighted by Crippen LogP contribution is 2.39. The lowest BCUT2D eigenvalue weighted by atomic mass is 9.72. The molecule has 1 aromatic carbocycles. The van der Waals surface area contributed by atoms with Gasteiger partial charge in [0.05, 0.1) is 18.6 Å². The Bertz CT molecular complexity index is 748. The lowest BCUT2D eigenvalue weighted by molar-refractivity contribution is -0.142. The molecule has 1 atom stereocenters. The van der Waals surface area contributed by atoms with E-state index >= 15 is 0 Å². The molecule has 160 valence electrons. The van der Waals surface area contributed by atoms with E-state index in [1.807, 2.05) is 12.1 Å². The van der Waals surface area contributed by atoms with Crippen molar-refractivity contribution in [1.82, 2.24) is 4.90 Å². The van der Waals surface area contributed by atoms with Gasteiger partial charge in [-0.05, 0) is 66.7 Å². The SMILES string of the molecule is CC(C)(C)[C@H]1CC[C@H](Oc2ccc3c(c2)CCN(C(=O)C(N)CC(=O)O)C3)CC1. The maximum absolute atomic E-state index is 12.4. The Morgan fingerprint density at radius 2 is 1.90 bits per heavy atom. The first-order chi connectivity index (χ1) is 13.6. The van der Waals surface area contributed by atoms with Gasteiger partial charge in [0.15, 0.2) is 0 Å². The Kier molecular flexibility index (Phi) is 6.52. The van der Waals surface area contributed by atoms with Gasteiger partial charge in [-0.3, -0.25) is 9.59 Å². The van der Waals surface area contributed by atoms with E-state index in [2.05, 4.69) is 26.8 Å². The van der Waals surface area contributed by atoms with E-state index in [4.69, 9.17) is 15.6 Å². The molecule has 1 unspecified atom stereocenters. The van der Waals surface area contributed by atoms with Gasteiger partial charge in [-0.25, -0.2) is 0 Å². The first kappa shape index (κ1) is 21.6. The summed E-state index contributed by atoms with van der Waals surface area (Å²) < 4.78 is 6.27. The number of benzene rings is 1. The highest BCUT2D eigenvalue weighted by atomic mass is 16.5. The van der Waals surface area contributed by atoms with E-state index in [1.165, 1.54) is 18.4 Å². The Labute approximate surface area is 173 Å². The Balaban J connectivity index is 1.56. The first-order valence-electron chi connectivity index (χ1n) is 10.7. The van der Waals surface area contributed by atoms with Crippen LogP contribution in [-0.2, 0) is 22.6 Å². The van der Waals surface area contributed by atoms with Crippen LogP contribution in [0.25, 0.3) is 0 Å². The number of fused-ring (bicyclic) bond motifs is 1. The maximum Gasteiger partial charge on any atom is 0.305 e. The molecular weight excluding hydrogens is 368 g/mol. The van der Waals surface area contributed by atoms with Gasteiger partial charge in [0.2, 0.25) is 5.91 Å². The fourth-order valence-corrected chi connectivity index (χ4v) is 4.54. The van der Waals surface area contributed by atoms with Crippen LogP contribution in [0.1, 0.15) is 64.0 Å². The smallest absolute Gasteiger partial charge is 0.305 e. The van der Waals surface area contributed by atoms with E-state index in [9.17, 15) is 9.59 Å². The molecule has 1 fully saturated rings. The van der Waals surface area contributed by atoms with Crippen LogP contribution in [0.5, 0.6) is 5.75 Å². The van der Waals surface area contributed by atoms with Crippen LogP contribution < -0.4 is 10.5 Å². The third-order valence-corrected chi connectivity index (χ3v) is 6.42. The van der Waals surface area contributed by atoms with E-state index in [0.29, 0.717) is 18.5 Å². The van der Waals surface area contributed by atoms with E-state index in [1.54, 1.807) is 4.90 Å². The lowest BCUT2D eigenvalue weighted by Gasteiger charge is -2.37. The quantitative estimate of drug-likeness (QED) is 0.788. The standard InChI is InChI=1S/C23H34N2O4/c1-23(2,3)17-5-8-18(9-6-17)29-19-7-4-16-14-25(11-10-15(16)12-19)22(28)20(24)13-21(26)27/h4,7,12,17-18,20H,5-6,8-11,13-14,24H2,1-3H3,(H,26,27)/t17-,18-,20?. The maximum atomic E-state index is 12.4.